The molecule has 1 saturated heterocycles. The summed E-state index contributed by atoms with van der Waals surface area (Å²) in [7, 11) is 3.24. The van der Waals surface area contributed by atoms with E-state index in [1.807, 2.05) is 53.4 Å². The molecule has 0 aromatic heterocycles. The summed E-state index contributed by atoms with van der Waals surface area (Å²) in [5.41, 5.74) is 0.967. The van der Waals surface area contributed by atoms with Crippen molar-refractivity contribution in [3.05, 3.63) is 54.1 Å². The Balaban J connectivity index is 1.52. The first-order valence-electron chi connectivity index (χ1n) is 8.97. The number of benzene rings is 2. The Labute approximate surface area is 159 Å². The SMILES string of the molecule is COc1ccc(CC(=O)N2CCO[C@@H](COc3ccccc3OC)C2)cc1. The molecule has 1 aliphatic rings. The van der Waals surface area contributed by atoms with E-state index in [0.717, 1.165) is 11.3 Å². The predicted octanol–water partition coefficient (Wildman–Crippen LogP) is 2.55. The average molecular weight is 371 g/mol. The summed E-state index contributed by atoms with van der Waals surface area (Å²) in [5, 5.41) is 0. The largest absolute Gasteiger partial charge is 0.497 e. The molecule has 1 atom stereocenters. The van der Waals surface area contributed by atoms with E-state index < -0.39 is 0 Å². The van der Waals surface area contributed by atoms with E-state index in [1.54, 1.807) is 14.2 Å². The third kappa shape index (κ3) is 5.14. The fourth-order valence-corrected chi connectivity index (χ4v) is 3.00. The van der Waals surface area contributed by atoms with Crippen molar-refractivity contribution in [1.29, 1.82) is 0 Å². The second-order valence-electron chi connectivity index (χ2n) is 6.32. The standard InChI is InChI=1S/C21H25NO5/c1-24-17-9-7-16(8-10-17)13-21(23)22-11-12-26-18(14-22)15-27-20-6-4-3-5-19(20)25-2/h3-10,18H,11-15H2,1-2H3/t18-/m1/s1. The van der Waals surface area contributed by atoms with Crippen LogP contribution in [0.2, 0.25) is 0 Å². The number of amides is 1. The number of methoxy groups -OCH3 is 2. The zero-order chi connectivity index (χ0) is 19.1. The highest BCUT2D eigenvalue weighted by molar-refractivity contribution is 5.79. The van der Waals surface area contributed by atoms with Crippen LogP contribution in [0, 0.1) is 0 Å². The van der Waals surface area contributed by atoms with Gasteiger partial charge in [0.05, 0.1) is 33.8 Å². The maximum absolute atomic E-state index is 12.6. The first-order chi connectivity index (χ1) is 13.2. The van der Waals surface area contributed by atoms with Crippen LogP contribution in [0.3, 0.4) is 0 Å². The number of morpholine rings is 1. The van der Waals surface area contributed by atoms with Gasteiger partial charge in [-0.3, -0.25) is 4.79 Å². The van der Waals surface area contributed by atoms with Crippen molar-refractivity contribution in [3.63, 3.8) is 0 Å². The van der Waals surface area contributed by atoms with E-state index in [-0.39, 0.29) is 12.0 Å². The molecule has 3 rings (SSSR count). The van der Waals surface area contributed by atoms with Crippen molar-refractivity contribution < 1.29 is 23.7 Å². The zero-order valence-electron chi connectivity index (χ0n) is 15.7. The van der Waals surface area contributed by atoms with Crippen molar-refractivity contribution >= 4 is 5.91 Å². The first kappa shape index (κ1) is 19.0. The zero-order valence-corrected chi connectivity index (χ0v) is 15.7. The minimum Gasteiger partial charge on any atom is -0.497 e. The van der Waals surface area contributed by atoms with Crippen LogP contribution in [0.4, 0.5) is 0 Å². The number of para-hydroxylation sites is 2. The molecule has 1 heterocycles. The molecule has 0 radical (unpaired) electrons. The molecule has 1 amide bonds. The van der Waals surface area contributed by atoms with Crippen LogP contribution in [0.25, 0.3) is 0 Å². The number of carbonyl (C=O) groups excluding carboxylic acids is 1. The number of hydrogen-bond acceptors (Lipinski definition) is 5. The molecule has 2 aromatic carbocycles. The summed E-state index contributed by atoms with van der Waals surface area (Å²) in [4.78, 5) is 14.5. The third-order valence-electron chi connectivity index (χ3n) is 4.50. The Bertz CT molecular complexity index is 746. The first-order valence-corrected chi connectivity index (χ1v) is 8.97. The maximum Gasteiger partial charge on any atom is 0.227 e. The van der Waals surface area contributed by atoms with Crippen LogP contribution in [0.1, 0.15) is 5.56 Å². The summed E-state index contributed by atoms with van der Waals surface area (Å²) in [6, 6.07) is 15.1. The molecular formula is C21H25NO5. The van der Waals surface area contributed by atoms with Gasteiger partial charge in [-0.15, -0.1) is 0 Å². The van der Waals surface area contributed by atoms with Crippen LogP contribution in [-0.4, -0.2) is 57.4 Å². The Kier molecular flexibility index (Phi) is 6.54. The van der Waals surface area contributed by atoms with Crippen LogP contribution in [0.5, 0.6) is 17.2 Å². The Morgan fingerprint density at radius 3 is 2.52 bits per heavy atom. The molecule has 0 bridgehead atoms. The van der Waals surface area contributed by atoms with Crippen molar-refractivity contribution in [1.82, 2.24) is 4.90 Å². The highest BCUT2D eigenvalue weighted by atomic mass is 16.5. The van der Waals surface area contributed by atoms with Crippen molar-refractivity contribution in [2.24, 2.45) is 0 Å². The van der Waals surface area contributed by atoms with E-state index >= 15 is 0 Å². The minimum atomic E-state index is -0.163. The molecule has 1 fully saturated rings. The van der Waals surface area contributed by atoms with Crippen molar-refractivity contribution in [2.75, 3.05) is 40.5 Å². The van der Waals surface area contributed by atoms with Crippen LogP contribution in [-0.2, 0) is 16.0 Å². The molecule has 6 nitrogen and oxygen atoms in total. The van der Waals surface area contributed by atoms with E-state index in [0.29, 0.717) is 44.2 Å². The Hall–Kier alpha value is -2.73. The molecule has 0 aliphatic carbocycles. The Morgan fingerprint density at radius 2 is 1.81 bits per heavy atom. The minimum absolute atomic E-state index is 0.0887. The summed E-state index contributed by atoms with van der Waals surface area (Å²) >= 11 is 0. The van der Waals surface area contributed by atoms with Gasteiger partial charge in [-0.1, -0.05) is 24.3 Å². The quantitative estimate of drug-likeness (QED) is 0.749. The molecular weight excluding hydrogens is 346 g/mol. The van der Waals surface area contributed by atoms with Gasteiger partial charge in [-0.2, -0.15) is 0 Å². The lowest BCUT2D eigenvalue weighted by Crippen LogP contribution is -2.48. The lowest BCUT2D eigenvalue weighted by Gasteiger charge is -2.33. The molecule has 1 aliphatic heterocycles. The van der Waals surface area contributed by atoms with Gasteiger partial charge in [0, 0.05) is 6.54 Å². The van der Waals surface area contributed by atoms with Gasteiger partial charge >= 0.3 is 0 Å². The fourth-order valence-electron chi connectivity index (χ4n) is 3.00. The lowest BCUT2D eigenvalue weighted by molar-refractivity contribution is -0.139. The van der Waals surface area contributed by atoms with Crippen molar-refractivity contribution in [3.8, 4) is 17.2 Å². The van der Waals surface area contributed by atoms with Gasteiger partial charge in [0.1, 0.15) is 18.5 Å². The maximum atomic E-state index is 12.6. The molecule has 0 unspecified atom stereocenters. The molecule has 0 N–H and O–H groups in total. The topological polar surface area (TPSA) is 57.2 Å². The Morgan fingerprint density at radius 1 is 1.07 bits per heavy atom. The molecule has 27 heavy (non-hydrogen) atoms. The summed E-state index contributed by atoms with van der Waals surface area (Å²) in [6.07, 6.45) is 0.202. The smallest absolute Gasteiger partial charge is 0.227 e. The van der Waals surface area contributed by atoms with Crippen molar-refractivity contribution in [2.45, 2.75) is 12.5 Å². The van der Waals surface area contributed by atoms with Gasteiger partial charge in [-0.05, 0) is 29.8 Å². The predicted molar refractivity (Wildman–Crippen MR) is 102 cm³/mol. The third-order valence-corrected chi connectivity index (χ3v) is 4.50. The van der Waals surface area contributed by atoms with Gasteiger partial charge in [0.15, 0.2) is 11.5 Å². The lowest BCUT2D eigenvalue weighted by atomic mass is 10.1. The molecule has 2 aromatic rings. The molecule has 144 valence electrons. The van der Waals surface area contributed by atoms with Crippen LogP contribution in [0.15, 0.2) is 48.5 Å². The summed E-state index contributed by atoms with van der Waals surface area (Å²) in [5.74, 6) is 2.22. The van der Waals surface area contributed by atoms with E-state index in [9.17, 15) is 4.79 Å². The number of rotatable bonds is 7. The van der Waals surface area contributed by atoms with E-state index in [2.05, 4.69) is 0 Å². The molecule has 0 spiro atoms. The average Bonchev–Trinajstić information content (AvgIpc) is 2.73. The normalized spacial score (nSPS) is 16.7. The highest BCUT2D eigenvalue weighted by Gasteiger charge is 2.25. The van der Waals surface area contributed by atoms with Crippen LogP contribution < -0.4 is 14.2 Å². The summed E-state index contributed by atoms with van der Waals surface area (Å²) < 4.78 is 22.0. The van der Waals surface area contributed by atoms with Crippen LogP contribution >= 0.6 is 0 Å². The summed E-state index contributed by atoms with van der Waals surface area (Å²) in [6.45, 7) is 1.99. The van der Waals surface area contributed by atoms with E-state index in [1.165, 1.54) is 0 Å². The highest BCUT2D eigenvalue weighted by Crippen LogP contribution is 2.26. The van der Waals surface area contributed by atoms with Gasteiger partial charge in [0.25, 0.3) is 0 Å². The second-order valence-corrected chi connectivity index (χ2v) is 6.32. The molecule has 6 heteroatoms. The monoisotopic (exact) mass is 371 g/mol. The van der Waals surface area contributed by atoms with Gasteiger partial charge < -0.3 is 23.8 Å². The fraction of sp³-hybridized carbons (Fsp3) is 0.381. The van der Waals surface area contributed by atoms with Gasteiger partial charge in [-0.25, -0.2) is 0 Å². The second kappa shape index (κ2) is 9.28. The number of hydrogen-bond donors (Lipinski definition) is 0. The number of ether oxygens (including phenoxy) is 4. The van der Waals surface area contributed by atoms with E-state index in [4.69, 9.17) is 18.9 Å². The van der Waals surface area contributed by atoms with Gasteiger partial charge in [0.2, 0.25) is 5.91 Å². The molecule has 0 saturated carbocycles. The number of nitrogens with zero attached hydrogens (tertiary/aromatic N) is 1. The number of carbonyl (C=O) groups is 1.